The van der Waals surface area contributed by atoms with Crippen LogP contribution in [-0.2, 0) is 6.67 Å². The lowest BCUT2D eigenvalue weighted by Gasteiger charge is -1.84. The van der Waals surface area contributed by atoms with E-state index < -0.39 is 4.70 Å². The van der Waals surface area contributed by atoms with Gasteiger partial charge in [0.05, 0.1) is 0 Å². The van der Waals surface area contributed by atoms with Crippen molar-refractivity contribution < 1.29 is 9.36 Å². The van der Waals surface area contributed by atoms with Crippen LogP contribution in [-0.4, -0.2) is 4.70 Å². The van der Waals surface area contributed by atoms with E-state index in [9.17, 15) is 0 Å². The van der Waals surface area contributed by atoms with Crippen LogP contribution < -0.4 is 10.3 Å². The van der Waals surface area contributed by atoms with Crippen molar-refractivity contribution in [1.29, 1.82) is 0 Å². The molecular weight excluding hydrogens is 199 g/mol. The third-order valence-electron chi connectivity index (χ3n) is 0.988. The van der Waals surface area contributed by atoms with Gasteiger partial charge in [0, 0.05) is 12.1 Å². The van der Waals surface area contributed by atoms with Gasteiger partial charge in [-0.25, -0.2) is 0 Å². The van der Waals surface area contributed by atoms with E-state index in [4.69, 9.17) is 10.5 Å². The molecule has 0 saturated heterocycles. The molecule has 0 atom stereocenters. The van der Waals surface area contributed by atoms with Gasteiger partial charge in [0.25, 0.3) is 0 Å². The summed E-state index contributed by atoms with van der Waals surface area (Å²) in [4.78, 5) is 8.98. The van der Waals surface area contributed by atoms with Crippen molar-refractivity contribution in [1.82, 2.24) is 0 Å². The van der Waals surface area contributed by atoms with Gasteiger partial charge in [-0.15, -0.1) is 0 Å². The van der Waals surface area contributed by atoms with E-state index in [1.165, 1.54) is 0 Å². The third kappa shape index (κ3) is 7.47. The molecule has 0 bridgehead atoms. The fourth-order valence-corrected chi connectivity index (χ4v) is 0.556. The second-order valence-electron chi connectivity index (χ2n) is 1.80. The molecule has 0 aromatic carbocycles. The minimum absolute atomic E-state index is 0.556. The molecule has 2 N–H and O–H groups in total. The number of halogens is 2. The minimum Gasteiger partial charge on any atom is -0.275 e. The van der Waals surface area contributed by atoms with Crippen LogP contribution in [0, 0.1) is 0 Å². The summed E-state index contributed by atoms with van der Waals surface area (Å²) in [5, 5.41) is 0. The van der Waals surface area contributed by atoms with E-state index in [1.54, 1.807) is 0 Å². The maximum absolute atomic E-state index is 8.98. The smallest absolute Gasteiger partial charge is 0.275 e. The maximum Gasteiger partial charge on any atom is 0.313 e. The van der Waals surface area contributed by atoms with Crippen molar-refractivity contribution >= 4 is 27.9 Å². The Hall–Kier alpha value is -0.640. The zero-order valence-corrected chi connectivity index (χ0v) is 7.79. The molecule has 0 spiro atoms. The predicted octanol–water partition coefficient (Wildman–Crippen LogP) is 1.47. The van der Waals surface area contributed by atoms with Crippen LogP contribution in [0.1, 0.15) is 0 Å². The van der Waals surface area contributed by atoms with E-state index >= 15 is 0 Å². The maximum atomic E-state index is 8.98. The molecule has 66 valence electrons. The van der Waals surface area contributed by atoms with Crippen molar-refractivity contribution in [2.75, 3.05) is 0 Å². The Balaban J connectivity index is 0.000000261. The van der Waals surface area contributed by atoms with Gasteiger partial charge in [0.1, 0.15) is 0 Å². The Morgan fingerprint density at radius 2 is 1.67 bits per heavy atom. The zero-order chi connectivity index (χ0) is 9.40. The summed E-state index contributed by atoms with van der Waals surface area (Å²) in [6, 6.07) is 5.87. The number of pyridine rings is 1. The predicted molar refractivity (Wildman–Crippen MR) is 47.9 cm³/mol. The number of rotatable bonds is 1. The summed E-state index contributed by atoms with van der Waals surface area (Å²) < 4.78 is 1.01. The fraction of sp³-hybridized carbons (Fsp3) is 0.143. The zero-order valence-electron chi connectivity index (χ0n) is 6.28. The molecule has 0 saturated carbocycles. The lowest BCUT2D eigenvalue weighted by atomic mass is 10.5. The normalized spacial score (nSPS) is 8.25. The number of nitrogens with two attached hydrogens (primary N) is 1. The largest absolute Gasteiger partial charge is 0.313 e. The first-order valence-electron chi connectivity index (χ1n) is 3.16. The van der Waals surface area contributed by atoms with E-state index in [2.05, 4.69) is 23.2 Å². The highest BCUT2D eigenvalue weighted by molar-refractivity contribution is 6.93. The summed E-state index contributed by atoms with van der Waals surface area (Å²) in [7, 11) is 0. The minimum atomic E-state index is -0.889. The molecule has 1 aromatic heterocycles. The van der Waals surface area contributed by atoms with Crippen LogP contribution >= 0.6 is 23.2 Å². The second kappa shape index (κ2) is 7.03. The molecule has 12 heavy (non-hydrogen) atoms. The number of carbonyl (C=O) groups is 1. The Kier molecular flexibility index (Phi) is 6.66. The summed E-state index contributed by atoms with van der Waals surface area (Å²) >= 11 is 8.80. The van der Waals surface area contributed by atoms with Crippen LogP contribution in [0.4, 0.5) is 4.79 Å². The van der Waals surface area contributed by atoms with Crippen LogP contribution in [0.3, 0.4) is 0 Å². The third-order valence-corrected chi connectivity index (χ3v) is 0.988. The molecule has 1 heterocycles. The summed E-state index contributed by atoms with van der Waals surface area (Å²) in [5.74, 6) is 0. The van der Waals surface area contributed by atoms with E-state index in [0.717, 1.165) is 0 Å². The quantitative estimate of drug-likeness (QED) is 0.561. The van der Waals surface area contributed by atoms with Gasteiger partial charge in [-0.3, -0.25) is 10.5 Å². The number of carbonyl (C=O) groups excluding carboxylic acids is 1. The van der Waals surface area contributed by atoms with Crippen molar-refractivity contribution in [2.24, 2.45) is 5.73 Å². The molecule has 0 amide bonds. The Labute approximate surface area is 80.7 Å². The molecule has 0 fully saturated rings. The lowest BCUT2D eigenvalue weighted by molar-refractivity contribution is -0.696. The van der Waals surface area contributed by atoms with E-state index in [-0.39, 0.29) is 0 Å². The molecule has 3 nitrogen and oxygen atoms in total. The van der Waals surface area contributed by atoms with E-state index in [1.807, 2.05) is 35.2 Å². The molecule has 0 aliphatic rings. The summed E-state index contributed by atoms with van der Waals surface area (Å²) in [6.45, 7) is 0.556. The van der Waals surface area contributed by atoms with Crippen molar-refractivity contribution in [2.45, 2.75) is 6.67 Å². The topological polar surface area (TPSA) is 47.0 Å². The highest BCUT2D eigenvalue weighted by Gasteiger charge is 1.86. The monoisotopic (exact) mass is 207 g/mol. The lowest BCUT2D eigenvalue weighted by Crippen LogP contribution is -2.36. The van der Waals surface area contributed by atoms with Gasteiger partial charge < -0.3 is 0 Å². The van der Waals surface area contributed by atoms with Gasteiger partial charge >= 0.3 is 4.70 Å². The van der Waals surface area contributed by atoms with Crippen LogP contribution in [0.5, 0.6) is 0 Å². The molecule has 0 radical (unpaired) electrons. The first-order valence-corrected chi connectivity index (χ1v) is 3.91. The average molecular weight is 208 g/mol. The first kappa shape index (κ1) is 11.4. The first-order chi connectivity index (χ1) is 5.66. The number of hydrogen-bond donors (Lipinski definition) is 1. The summed E-state index contributed by atoms with van der Waals surface area (Å²) in [6.07, 6.45) is 3.86. The number of nitrogens with zero attached hydrogens (tertiary/aromatic N) is 1. The van der Waals surface area contributed by atoms with Crippen molar-refractivity contribution in [3.8, 4) is 0 Å². The molecular formula is C7H9Cl2N2O+. The van der Waals surface area contributed by atoms with Gasteiger partial charge in [0.2, 0.25) is 0 Å². The molecule has 0 aliphatic heterocycles. The molecule has 1 rings (SSSR count). The van der Waals surface area contributed by atoms with Crippen LogP contribution in [0.15, 0.2) is 30.6 Å². The molecule has 0 unspecified atom stereocenters. The van der Waals surface area contributed by atoms with Gasteiger partial charge in [-0.1, -0.05) is 6.07 Å². The van der Waals surface area contributed by atoms with Gasteiger partial charge in [-0.05, 0) is 23.2 Å². The van der Waals surface area contributed by atoms with Crippen molar-refractivity contribution in [3.05, 3.63) is 30.6 Å². The SMILES string of the molecule is NC[n+]1ccccc1.O=C(Cl)Cl. The van der Waals surface area contributed by atoms with Gasteiger partial charge in [-0.2, -0.15) is 4.57 Å². The highest BCUT2D eigenvalue weighted by atomic mass is 35.5. The molecule has 0 aliphatic carbocycles. The number of hydrogen-bond acceptors (Lipinski definition) is 2. The van der Waals surface area contributed by atoms with E-state index in [0.29, 0.717) is 6.67 Å². The highest BCUT2D eigenvalue weighted by Crippen LogP contribution is 1.84. The number of aromatic nitrogens is 1. The fourth-order valence-electron chi connectivity index (χ4n) is 0.556. The Morgan fingerprint density at radius 1 is 1.25 bits per heavy atom. The standard InChI is InChI=1S/C6H9N2.CCl2O/c7-6-8-4-2-1-3-5-8;2-1(3)4/h1-5H,6-7H2;/q+1;. The average Bonchev–Trinajstić information content (AvgIpc) is 2.05. The van der Waals surface area contributed by atoms with Crippen molar-refractivity contribution in [3.63, 3.8) is 0 Å². The molecule has 5 heteroatoms. The van der Waals surface area contributed by atoms with Gasteiger partial charge in [0.15, 0.2) is 19.1 Å². The molecule has 1 aromatic rings. The Morgan fingerprint density at radius 3 is 1.92 bits per heavy atom. The summed E-state index contributed by atoms with van der Waals surface area (Å²) in [5.41, 5.74) is 5.31. The van der Waals surface area contributed by atoms with Crippen LogP contribution in [0.25, 0.3) is 0 Å². The second-order valence-corrected chi connectivity index (χ2v) is 2.68. The van der Waals surface area contributed by atoms with Crippen LogP contribution in [0.2, 0.25) is 0 Å². The Bertz CT molecular complexity index is 224.